The molecular formula is C12H11FO2. The van der Waals surface area contributed by atoms with Crippen LogP contribution in [0.2, 0.25) is 0 Å². The molecule has 1 aromatic carbocycles. The third-order valence-electron chi connectivity index (χ3n) is 3.84. The number of hydrogen-bond donors (Lipinski definition) is 0. The van der Waals surface area contributed by atoms with Crippen LogP contribution in [0.1, 0.15) is 18.4 Å². The van der Waals surface area contributed by atoms with Crippen LogP contribution in [0.3, 0.4) is 0 Å². The molecule has 1 aromatic rings. The summed E-state index contributed by atoms with van der Waals surface area (Å²) >= 11 is 0. The van der Waals surface area contributed by atoms with Crippen LogP contribution in [0.5, 0.6) is 0 Å². The van der Waals surface area contributed by atoms with Gasteiger partial charge < -0.3 is 4.74 Å². The van der Waals surface area contributed by atoms with E-state index in [4.69, 9.17) is 4.74 Å². The number of halogens is 1. The molecule has 2 nitrogen and oxygen atoms in total. The van der Waals surface area contributed by atoms with Crippen molar-refractivity contribution in [3.05, 3.63) is 35.6 Å². The number of rotatable bonds is 2. The number of hydrogen-bond acceptors (Lipinski definition) is 2. The summed E-state index contributed by atoms with van der Waals surface area (Å²) in [4.78, 5) is 11.5. The van der Waals surface area contributed by atoms with Gasteiger partial charge in [-0.1, -0.05) is 18.2 Å². The SMILES string of the molecule is COC(=O)C12CC1(c1ccccc1F)C2. The Hall–Kier alpha value is -1.38. The summed E-state index contributed by atoms with van der Waals surface area (Å²) in [5.41, 5.74) is 0.0606. The van der Waals surface area contributed by atoms with Crippen molar-refractivity contribution in [2.75, 3.05) is 7.11 Å². The molecule has 0 heterocycles. The molecule has 15 heavy (non-hydrogen) atoms. The Labute approximate surface area is 87.0 Å². The number of fused-ring (bicyclic) bond motifs is 1. The first-order valence-electron chi connectivity index (χ1n) is 5.00. The van der Waals surface area contributed by atoms with Crippen LogP contribution in [0.4, 0.5) is 4.39 Å². The van der Waals surface area contributed by atoms with Crippen molar-refractivity contribution in [1.82, 2.24) is 0 Å². The Morgan fingerprint density at radius 3 is 2.67 bits per heavy atom. The van der Waals surface area contributed by atoms with Crippen LogP contribution in [0.25, 0.3) is 0 Å². The number of esters is 1. The molecular weight excluding hydrogens is 195 g/mol. The van der Waals surface area contributed by atoms with Crippen LogP contribution in [0, 0.1) is 11.2 Å². The van der Waals surface area contributed by atoms with Gasteiger partial charge in [-0.05, 0) is 24.5 Å². The zero-order chi connectivity index (χ0) is 10.7. The van der Waals surface area contributed by atoms with Gasteiger partial charge in [-0.25, -0.2) is 4.39 Å². The fourth-order valence-electron chi connectivity index (χ4n) is 2.72. The zero-order valence-electron chi connectivity index (χ0n) is 8.42. The van der Waals surface area contributed by atoms with Gasteiger partial charge in [0.2, 0.25) is 0 Å². The average Bonchev–Trinajstić information content (AvgIpc) is 3.03. The van der Waals surface area contributed by atoms with E-state index in [0.29, 0.717) is 5.56 Å². The minimum Gasteiger partial charge on any atom is -0.469 e. The van der Waals surface area contributed by atoms with Gasteiger partial charge in [0.05, 0.1) is 12.5 Å². The highest BCUT2D eigenvalue weighted by molar-refractivity contribution is 5.90. The molecule has 2 aliphatic carbocycles. The quantitative estimate of drug-likeness (QED) is 0.692. The molecule has 0 aromatic heterocycles. The van der Waals surface area contributed by atoms with E-state index < -0.39 is 0 Å². The van der Waals surface area contributed by atoms with Gasteiger partial charge in [-0.3, -0.25) is 4.79 Å². The number of carbonyl (C=O) groups is 1. The third-order valence-corrected chi connectivity index (χ3v) is 3.84. The van der Waals surface area contributed by atoms with Gasteiger partial charge in [0.25, 0.3) is 0 Å². The molecule has 0 amide bonds. The summed E-state index contributed by atoms with van der Waals surface area (Å²) in [5.74, 6) is -0.397. The van der Waals surface area contributed by atoms with Gasteiger partial charge in [0.1, 0.15) is 5.82 Å². The molecule has 0 N–H and O–H groups in total. The van der Waals surface area contributed by atoms with E-state index in [2.05, 4.69) is 0 Å². The molecule has 0 bridgehead atoms. The lowest BCUT2D eigenvalue weighted by molar-refractivity contribution is -0.144. The molecule has 3 rings (SSSR count). The van der Waals surface area contributed by atoms with Crippen LogP contribution in [-0.2, 0) is 14.9 Å². The molecule has 2 fully saturated rings. The van der Waals surface area contributed by atoms with Crippen molar-refractivity contribution >= 4 is 5.97 Å². The summed E-state index contributed by atoms with van der Waals surface area (Å²) in [7, 11) is 1.39. The number of ether oxygens (including phenoxy) is 1. The highest BCUT2D eigenvalue weighted by Gasteiger charge is 2.88. The standard InChI is InChI=1S/C12H11FO2/c1-15-10(14)12-6-11(12,7-12)8-4-2-3-5-9(8)13/h2-5H,6-7H2,1H3. The summed E-state index contributed by atoms with van der Waals surface area (Å²) < 4.78 is 18.3. The molecule has 0 spiro atoms. The molecule has 0 atom stereocenters. The average molecular weight is 206 g/mol. The minimum absolute atomic E-state index is 0.189. The van der Waals surface area contributed by atoms with E-state index >= 15 is 0 Å². The Kier molecular flexibility index (Phi) is 1.43. The predicted molar refractivity (Wildman–Crippen MR) is 51.8 cm³/mol. The van der Waals surface area contributed by atoms with E-state index in [1.807, 2.05) is 6.07 Å². The Balaban J connectivity index is 1.96. The topological polar surface area (TPSA) is 26.3 Å². The van der Waals surface area contributed by atoms with E-state index in [9.17, 15) is 9.18 Å². The molecule has 0 aliphatic heterocycles. The molecule has 2 saturated carbocycles. The van der Waals surface area contributed by atoms with Gasteiger partial charge in [-0.15, -0.1) is 0 Å². The number of methoxy groups -OCH3 is 1. The van der Waals surface area contributed by atoms with Crippen molar-refractivity contribution < 1.29 is 13.9 Å². The maximum Gasteiger partial charge on any atom is 0.312 e. The van der Waals surface area contributed by atoms with Crippen molar-refractivity contribution in [3.63, 3.8) is 0 Å². The normalized spacial score (nSPS) is 35.6. The Bertz CT molecular complexity index is 447. The lowest BCUT2D eigenvalue weighted by Crippen LogP contribution is -2.08. The number of benzene rings is 1. The van der Waals surface area contributed by atoms with Crippen molar-refractivity contribution in [1.29, 1.82) is 0 Å². The van der Waals surface area contributed by atoms with Crippen molar-refractivity contribution in [2.24, 2.45) is 5.41 Å². The second-order valence-electron chi connectivity index (χ2n) is 4.49. The predicted octanol–water partition coefficient (Wildman–Crippen LogP) is 2.03. The molecule has 2 aliphatic rings. The minimum atomic E-state index is -0.385. The molecule has 0 radical (unpaired) electrons. The van der Waals surface area contributed by atoms with Gasteiger partial charge in [-0.2, -0.15) is 0 Å². The molecule has 0 saturated heterocycles. The maximum absolute atomic E-state index is 13.5. The van der Waals surface area contributed by atoms with Crippen LogP contribution >= 0.6 is 0 Å². The van der Waals surface area contributed by atoms with E-state index in [-0.39, 0.29) is 22.6 Å². The summed E-state index contributed by atoms with van der Waals surface area (Å²) in [6, 6.07) is 6.70. The van der Waals surface area contributed by atoms with E-state index in [0.717, 1.165) is 12.8 Å². The first-order valence-corrected chi connectivity index (χ1v) is 5.00. The zero-order valence-corrected chi connectivity index (χ0v) is 8.42. The summed E-state index contributed by atoms with van der Waals surface area (Å²) in [5, 5.41) is 0. The second kappa shape index (κ2) is 2.40. The lowest BCUT2D eigenvalue weighted by atomic mass is 10.0. The van der Waals surface area contributed by atoms with Gasteiger partial charge in [0, 0.05) is 5.41 Å². The van der Waals surface area contributed by atoms with Crippen LogP contribution < -0.4 is 0 Å². The van der Waals surface area contributed by atoms with Crippen LogP contribution in [-0.4, -0.2) is 13.1 Å². The summed E-state index contributed by atoms with van der Waals surface area (Å²) in [6.45, 7) is 0. The van der Waals surface area contributed by atoms with E-state index in [1.54, 1.807) is 12.1 Å². The van der Waals surface area contributed by atoms with Gasteiger partial charge >= 0.3 is 5.97 Å². The largest absolute Gasteiger partial charge is 0.469 e. The summed E-state index contributed by atoms with van der Waals surface area (Å²) in [6.07, 6.45) is 1.49. The monoisotopic (exact) mass is 206 g/mol. The fraction of sp³-hybridized carbons (Fsp3) is 0.417. The van der Waals surface area contributed by atoms with Gasteiger partial charge in [0.15, 0.2) is 0 Å². The second-order valence-corrected chi connectivity index (χ2v) is 4.49. The van der Waals surface area contributed by atoms with Crippen molar-refractivity contribution in [2.45, 2.75) is 18.3 Å². The van der Waals surface area contributed by atoms with Crippen molar-refractivity contribution in [3.8, 4) is 0 Å². The Morgan fingerprint density at radius 1 is 1.40 bits per heavy atom. The van der Waals surface area contributed by atoms with Crippen LogP contribution in [0.15, 0.2) is 24.3 Å². The first-order chi connectivity index (χ1) is 7.16. The molecule has 3 heteroatoms. The third kappa shape index (κ3) is 0.863. The maximum atomic E-state index is 13.5. The Morgan fingerprint density at radius 2 is 2.07 bits per heavy atom. The highest BCUT2D eigenvalue weighted by Crippen LogP contribution is 2.86. The molecule has 0 unspecified atom stereocenters. The van der Waals surface area contributed by atoms with E-state index in [1.165, 1.54) is 13.2 Å². The number of carbonyl (C=O) groups excluding carboxylic acids is 1. The smallest absolute Gasteiger partial charge is 0.312 e. The first kappa shape index (κ1) is 8.89. The highest BCUT2D eigenvalue weighted by atomic mass is 19.1. The molecule has 78 valence electrons. The fourth-order valence-corrected chi connectivity index (χ4v) is 2.72. The lowest BCUT2D eigenvalue weighted by Gasteiger charge is -2.03.